The molecule has 0 saturated heterocycles. The molecular weight excluding hydrogens is 240 g/mol. The van der Waals surface area contributed by atoms with E-state index in [1.807, 2.05) is 12.2 Å². The molecule has 0 N–H and O–H groups in total. The van der Waals surface area contributed by atoms with Gasteiger partial charge in [0.2, 0.25) is 6.17 Å². The fraction of sp³-hybridized carbons (Fsp3) is 0.545. The largest absolute Gasteiger partial charge is 0.459 e. The van der Waals surface area contributed by atoms with E-state index < -0.39 is 24.9 Å². The maximum atomic E-state index is 12.5. The zero-order valence-corrected chi connectivity index (χ0v) is 8.71. The van der Waals surface area contributed by atoms with Gasteiger partial charge in [-0.25, -0.2) is 9.18 Å². The SMILES string of the molecule is O=C(OCC(F)C(F)(F)F)C1=CC2C=CC1C2. The number of hydrogen-bond acceptors (Lipinski definition) is 2. The van der Waals surface area contributed by atoms with E-state index in [1.54, 1.807) is 6.08 Å². The monoisotopic (exact) mass is 250 g/mol. The average molecular weight is 250 g/mol. The predicted molar refractivity (Wildman–Crippen MR) is 50.7 cm³/mol. The Balaban J connectivity index is 1.85. The zero-order valence-electron chi connectivity index (χ0n) is 8.71. The topological polar surface area (TPSA) is 26.3 Å². The van der Waals surface area contributed by atoms with E-state index in [1.165, 1.54) is 0 Å². The fourth-order valence-corrected chi connectivity index (χ4v) is 1.98. The van der Waals surface area contributed by atoms with Gasteiger partial charge in [-0.2, -0.15) is 13.2 Å². The lowest BCUT2D eigenvalue weighted by Gasteiger charge is -2.14. The molecule has 2 nitrogen and oxygen atoms in total. The van der Waals surface area contributed by atoms with Crippen molar-refractivity contribution in [2.24, 2.45) is 11.8 Å². The van der Waals surface area contributed by atoms with Crippen LogP contribution >= 0.6 is 0 Å². The highest BCUT2D eigenvalue weighted by Crippen LogP contribution is 2.38. The van der Waals surface area contributed by atoms with Gasteiger partial charge in [0, 0.05) is 11.5 Å². The molecule has 94 valence electrons. The lowest BCUT2D eigenvalue weighted by atomic mass is 10.0. The third kappa shape index (κ3) is 2.50. The third-order valence-corrected chi connectivity index (χ3v) is 2.86. The van der Waals surface area contributed by atoms with E-state index in [0.29, 0.717) is 5.57 Å². The number of halogens is 4. The molecule has 0 aromatic carbocycles. The third-order valence-electron chi connectivity index (χ3n) is 2.86. The second kappa shape index (κ2) is 4.16. The van der Waals surface area contributed by atoms with Crippen molar-refractivity contribution >= 4 is 5.97 Å². The Morgan fingerprint density at radius 2 is 2.18 bits per heavy atom. The highest BCUT2D eigenvalue weighted by molar-refractivity contribution is 5.90. The molecule has 6 heteroatoms. The van der Waals surface area contributed by atoms with Gasteiger partial charge in [-0.05, 0) is 12.3 Å². The van der Waals surface area contributed by atoms with Crippen LogP contribution in [0.25, 0.3) is 0 Å². The van der Waals surface area contributed by atoms with Gasteiger partial charge >= 0.3 is 12.1 Å². The lowest BCUT2D eigenvalue weighted by molar-refractivity contribution is -0.194. The van der Waals surface area contributed by atoms with E-state index in [9.17, 15) is 22.4 Å². The van der Waals surface area contributed by atoms with Crippen LogP contribution < -0.4 is 0 Å². The lowest BCUT2D eigenvalue weighted by Crippen LogP contribution is -2.30. The summed E-state index contributed by atoms with van der Waals surface area (Å²) >= 11 is 0. The van der Waals surface area contributed by atoms with Crippen LogP contribution in [0.2, 0.25) is 0 Å². The molecule has 0 saturated carbocycles. The Hall–Kier alpha value is -1.33. The molecule has 0 radical (unpaired) electrons. The summed E-state index contributed by atoms with van der Waals surface area (Å²) in [6.45, 7) is -1.28. The first-order valence-electron chi connectivity index (χ1n) is 5.16. The summed E-state index contributed by atoms with van der Waals surface area (Å²) in [7, 11) is 0. The van der Waals surface area contributed by atoms with Crippen LogP contribution in [0.15, 0.2) is 23.8 Å². The van der Waals surface area contributed by atoms with Crippen molar-refractivity contribution in [3.8, 4) is 0 Å². The van der Waals surface area contributed by atoms with Crippen molar-refractivity contribution in [1.29, 1.82) is 0 Å². The van der Waals surface area contributed by atoms with E-state index in [0.717, 1.165) is 6.42 Å². The molecule has 0 spiro atoms. The summed E-state index contributed by atoms with van der Waals surface area (Å²) in [5, 5.41) is 0. The number of alkyl halides is 4. The number of carbonyl (C=O) groups excluding carboxylic acids is 1. The first-order chi connectivity index (χ1) is 7.88. The molecular formula is C11H10F4O2. The molecule has 0 fully saturated rings. The molecule has 2 aliphatic rings. The Kier molecular flexibility index (Phi) is 2.97. The minimum Gasteiger partial charge on any atom is -0.459 e. The van der Waals surface area contributed by atoms with Crippen molar-refractivity contribution in [1.82, 2.24) is 0 Å². The minimum absolute atomic E-state index is 0.0866. The van der Waals surface area contributed by atoms with Crippen molar-refractivity contribution in [2.45, 2.75) is 18.8 Å². The van der Waals surface area contributed by atoms with Crippen molar-refractivity contribution in [3.05, 3.63) is 23.8 Å². The van der Waals surface area contributed by atoms with Crippen LogP contribution in [0.4, 0.5) is 17.6 Å². The van der Waals surface area contributed by atoms with Crippen LogP contribution in [-0.2, 0) is 9.53 Å². The van der Waals surface area contributed by atoms with E-state index in [-0.39, 0.29) is 11.8 Å². The first-order valence-corrected chi connectivity index (χ1v) is 5.16. The molecule has 0 heterocycles. The summed E-state index contributed by atoms with van der Waals surface area (Å²) in [5.41, 5.74) is 0.340. The summed E-state index contributed by atoms with van der Waals surface area (Å²) in [6.07, 6.45) is -1.95. The van der Waals surface area contributed by atoms with Gasteiger partial charge in [0.1, 0.15) is 6.61 Å². The van der Waals surface area contributed by atoms with Gasteiger partial charge < -0.3 is 4.74 Å². The Labute approximate surface area is 94.9 Å². The minimum atomic E-state index is -4.98. The molecule has 2 rings (SSSR count). The normalized spacial score (nSPS) is 28.1. The van der Waals surface area contributed by atoms with Crippen LogP contribution in [0, 0.1) is 11.8 Å². The van der Waals surface area contributed by atoms with Gasteiger partial charge in [-0.15, -0.1) is 0 Å². The van der Waals surface area contributed by atoms with Crippen LogP contribution in [-0.4, -0.2) is 24.9 Å². The summed E-state index contributed by atoms with van der Waals surface area (Å²) in [4.78, 5) is 11.4. The summed E-state index contributed by atoms with van der Waals surface area (Å²) in [6, 6.07) is 0. The van der Waals surface area contributed by atoms with E-state index >= 15 is 0 Å². The predicted octanol–water partition coefficient (Wildman–Crippen LogP) is 2.56. The molecule has 17 heavy (non-hydrogen) atoms. The first kappa shape index (κ1) is 12.1. The average Bonchev–Trinajstić information content (AvgIpc) is 2.85. The van der Waals surface area contributed by atoms with Gasteiger partial charge in [0.25, 0.3) is 0 Å². The van der Waals surface area contributed by atoms with Gasteiger partial charge in [-0.3, -0.25) is 0 Å². The zero-order chi connectivity index (χ0) is 12.6. The number of hydrogen-bond donors (Lipinski definition) is 0. The molecule has 0 aliphatic heterocycles. The fourth-order valence-electron chi connectivity index (χ4n) is 1.98. The second-order valence-electron chi connectivity index (χ2n) is 4.12. The number of ether oxygens (including phenoxy) is 1. The Bertz CT molecular complexity index is 383. The molecule has 0 aromatic heterocycles. The summed E-state index contributed by atoms with van der Waals surface area (Å²) in [5.74, 6) is -0.781. The van der Waals surface area contributed by atoms with Gasteiger partial charge in [-0.1, -0.05) is 18.2 Å². The standard InChI is InChI=1S/C11H10F4O2/c12-9(11(13,14)15)5-17-10(16)8-4-6-1-2-7(8)3-6/h1-2,4,6-7,9H,3,5H2. The number of allylic oxidation sites excluding steroid dienone is 3. The van der Waals surface area contributed by atoms with E-state index in [4.69, 9.17) is 0 Å². The molecule has 3 unspecified atom stereocenters. The highest BCUT2D eigenvalue weighted by Gasteiger charge is 2.41. The van der Waals surface area contributed by atoms with E-state index in [2.05, 4.69) is 4.74 Å². The van der Waals surface area contributed by atoms with Crippen molar-refractivity contribution in [3.63, 3.8) is 0 Å². The number of rotatable bonds is 3. The summed E-state index contributed by atoms with van der Waals surface area (Å²) < 4.78 is 52.3. The number of carbonyl (C=O) groups is 1. The molecule has 0 amide bonds. The van der Waals surface area contributed by atoms with Gasteiger partial charge in [0.15, 0.2) is 0 Å². The molecule has 2 aliphatic carbocycles. The number of esters is 1. The van der Waals surface area contributed by atoms with Gasteiger partial charge in [0.05, 0.1) is 0 Å². The Morgan fingerprint density at radius 1 is 1.47 bits per heavy atom. The van der Waals surface area contributed by atoms with Crippen molar-refractivity contribution in [2.75, 3.05) is 6.61 Å². The van der Waals surface area contributed by atoms with Crippen molar-refractivity contribution < 1.29 is 27.1 Å². The molecule has 2 bridgehead atoms. The quantitative estimate of drug-likeness (QED) is 0.437. The smallest absolute Gasteiger partial charge is 0.423 e. The molecule has 3 atom stereocenters. The second-order valence-corrected chi connectivity index (χ2v) is 4.12. The maximum absolute atomic E-state index is 12.5. The van der Waals surface area contributed by atoms with Crippen LogP contribution in [0.3, 0.4) is 0 Å². The highest BCUT2D eigenvalue weighted by atomic mass is 19.4. The maximum Gasteiger partial charge on any atom is 0.423 e. The Morgan fingerprint density at radius 3 is 2.65 bits per heavy atom. The van der Waals surface area contributed by atoms with Crippen LogP contribution in [0.1, 0.15) is 6.42 Å². The number of fused-ring (bicyclic) bond motifs is 2. The molecule has 0 aromatic rings. The van der Waals surface area contributed by atoms with Crippen LogP contribution in [0.5, 0.6) is 0 Å².